The highest BCUT2D eigenvalue weighted by atomic mass is 32.1. The Morgan fingerprint density at radius 3 is 2.67 bits per heavy atom. The molecule has 0 saturated carbocycles. The Morgan fingerprint density at radius 2 is 2.03 bits per heavy atom. The van der Waals surface area contributed by atoms with Crippen molar-refractivity contribution in [2.24, 2.45) is 0 Å². The molecule has 0 aliphatic carbocycles. The summed E-state index contributed by atoms with van der Waals surface area (Å²) >= 11 is 1.26. The Hall–Kier alpha value is -3.22. The third-order valence-electron chi connectivity index (χ3n) is 5.59. The molecule has 1 aliphatic heterocycles. The number of anilines is 1. The number of rotatable bonds is 5. The summed E-state index contributed by atoms with van der Waals surface area (Å²) in [5, 5.41) is 7.92. The van der Waals surface area contributed by atoms with E-state index in [9.17, 15) is 9.59 Å². The van der Waals surface area contributed by atoms with E-state index in [4.69, 9.17) is 11.2 Å². The number of carbonyl (C=O) groups is 2. The standard InChI is InChI=1S/C24H27N5O3S/c1-6-15-9-11-16(12-10-15)21(30)26-23-25-20-19(33-23)18(27-29(20)24(2,3)4)22(31)28-13-7-8-17(28)14-32-5/h1,9-12,17H,7-8,13-14H2,2-5H3,(H,25,26,30)/t17-/m0/s1. The quantitative estimate of drug-likeness (QED) is 0.580. The third-order valence-corrected chi connectivity index (χ3v) is 6.56. The molecule has 3 aromatic rings. The first-order valence-corrected chi connectivity index (χ1v) is 11.6. The molecular formula is C24H27N5O3S. The molecule has 33 heavy (non-hydrogen) atoms. The van der Waals surface area contributed by atoms with Gasteiger partial charge in [0, 0.05) is 24.8 Å². The Kier molecular flexibility index (Phi) is 6.23. The highest BCUT2D eigenvalue weighted by molar-refractivity contribution is 7.22. The lowest BCUT2D eigenvalue weighted by atomic mass is 10.1. The lowest BCUT2D eigenvalue weighted by molar-refractivity contribution is 0.0625. The number of benzene rings is 1. The summed E-state index contributed by atoms with van der Waals surface area (Å²) in [5.74, 6) is 2.11. The highest BCUT2D eigenvalue weighted by Crippen LogP contribution is 2.34. The molecule has 0 spiro atoms. The number of nitrogens with one attached hydrogen (secondary N) is 1. The predicted molar refractivity (Wildman–Crippen MR) is 129 cm³/mol. The predicted octanol–water partition coefficient (Wildman–Crippen LogP) is 3.73. The van der Waals surface area contributed by atoms with E-state index in [2.05, 4.69) is 21.3 Å². The van der Waals surface area contributed by atoms with E-state index < -0.39 is 5.54 Å². The van der Waals surface area contributed by atoms with Gasteiger partial charge in [0.15, 0.2) is 16.5 Å². The van der Waals surface area contributed by atoms with Crippen LogP contribution in [0.5, 0.6) is 0 Å². The van der Waals surface area contributed by atoms with E-state index in [1.54, 1.807) is 36.1 Å². The summed E-state index contributed by atoms with van der Waals surface area (Å²) in [6.07, 6.45) is 7.23. The number of terminal acetylenes is 1. The molecule has 1 atom stereocenters. The second-order valence-electron chi connectivity index (χ2n) is 9.03. The largest absolute Gasteiger partial charge is 0.383 e. The first kappa shape index (κ1) is 23.0. The Labute approximate surface area is 196 Å². The van der Waals surface area contributed by atoms with Crippen molar-refractivity contribution in [1.82, 2.24) is 19.7 Å². The van der Waals surface area contributed by atoms with E-state index in [1.807, 2.05) is 25.7 Å². The van der Waals surface area contributed by atoms with Crippen LogP contribution in [0.3, 0.4) is 0 Å². The van der Waals surface area contributed by atoms with Gasteiger partial charge in [-0.25, -0.2) is 4.68 Å². The molecule has 3 heterocycles. The van der Waals surface area contributed by atoms with Crippen LogP contribution in [0.1, 0.15) is 60.0 Å². The highest BCUT2D eigenvalue weighted by Gasteiger charge is 2.34. The maximum atomic E-state index is 13.5. The molecule has 0 unspecified atom stereocenters. The molecular weight excluding hydrogens is 438 g/mol. The molecule has 8 nitrogen and oxygen atoms in total. The summed E-state index contributed by atoms with van der Waals surface area (Å²) in [6.45, 7) is 7.18. The van der Waals surface area contributed by atoms with Gasteiger partial charge in [-0.1, -0.05) is 17.3 Å². The fourth-order valence-electron chi connectivity index (χ4n) is 3.96. The van der Waals surface area contributed by atoms with Crippen LogP contribution in [0, 0.1) is 12.3 Å². The number of carbonyl (C=O) groups excluding carboxylic acids is 2. The molecule has 0 radical (unpaired) electrons. The normalized spacial score (nSPS) is 16.2. The third kappa shape index (κ3) is 4.49. The number of hydrogen-bond acceptors (Lipinski definition) is 6. The molecule has 2 amide bonds. The van der Waals surface area contributed by atoms with Crippen LogP contribution in [0.2, 0.25) is 0 Å². The zero-order chi connectivity index (χ0) is 23.8. The van der Waals surface area contributed by atoms with Crippen LogP contribution in [0.4, 0.5) is 5.13 Å². The van der Waals surface area contributed by atoms with Crippen molar-refractivity contribution in [2.75, 3.05) is 25.6 Å². The van der Waals surface area contributed by atoms with Crippen molar-refractivity contribution in [3.8, 4) is 12.3 Å². The van der Waals surface area contributed by atoms with Crippen LogP contribution in [-0.4, -0.2) is 57.8 Å². The number of hydrogen-bond donors (Lipinski definition) is 1. The number of likely N-dealkylation sites (tertiary alicyclic amines) is 1. The fraction of sp³-hybridized carbons (Fsp3) is 0.417. The van der Waals surface area contributed by atoms with Crippen molar-refractivity contribution in [2.45, 2.75) is 45.2 Å². The molecule has 1 aromatic carbocycles. The van der Waals surface area contributed by atoms with Gasteiger partial charge in [0.05, 0.1) is 18.2 Å². The number of thiazole rings is 1. The molecule has 4 rings (SSSR count). The van der Waals surface area contributed by atoms with E-state index in [1.165, 1.54) is 11.3 Å². The summed E-state index contributed by atoms with van der Waals surface area (Å²) < 4.78 is 7.72. The van der Waals surface area contributed by atoms with Crippen molar-refractivity contribution in [3.05, 3.63) is 41.1 Å². The Bertz CT molecular complexity index is 1230. The topological polar surface area (TPSA) is 89.3 Å². The summed E-state index contributed by atoms with van der Waals surface area (Å²) in [6, 6.07) is 6.82. The van der Waals surface area contributed by atoms with E-state index in [0.29, 0.717) is 45.5 Å². The van der Waals surface area contributed by atoms with Gasteiger partial charge in [-0.15, -0.1) is 6.42 Å². The van der Waals surface area contributed by atoms with Gasteiger partial charge in [-0.3, -0.25) is 14.9 Å². The van der Waals surface area contributed by atoms with Crippen molar-refractivity contribution in [3.63, 3.8) is 0 Å². The number of fused-ring (bicyclic) bond motifs is 1. The van der Waals surface area contributed by atoms with Gasteiger partial charge in [-0.05, 0) is 57.9 Å². The van der Waals surface area contributed by atoms with Crippen LogP contribution >= 0.6 is 11.3 Å². The molecule has 1 N–H and O–H groups in total. The zero-order valence-corrected chi connectivity index (χ0v) is 20.0. The maximum Gasteiger partial charge on any atom is 0.276 e. The van der Waals surface area contributed by atoms with Gasteiger partial charge < -0.3 is 9.64 Å². The SMILES string of the molecule is C#Cc1ccc(C(=O)Nc2nc3c(s2)c(C(=O)N2CCC[C@H]2COC)nn3C(C)(C)C)cc1. The zero-order valence-electron chi connectivity index (χ0n) is 19.2. The summed E-state index contributed by atoms with van der Waals surface area (Å²) in [4.78, 5) is 32.7. The minimum Gasteiger partial charge on any atom is -0.383 e. The molecule has 1 aliphatic rings. The molecule has 1 saturated heterocycles. The van der Waals surface area contributed by atoms with Crippen LogP contribution in [0.15, 0.2) is 24.3 Å². The first-order valence-electron chi connectivity index (χ1n) is 10.8. The van der Waals surface area contributed by atoms with Crippen LogP contribution in [-0.2, 0) is 10.3 Å². The molecule has 9 heteroatoms. The lowest BCUT2D eigenvalue weighted by Gasteiger charge is -2.23. The van der Waals surface area contributed by atoms with E-state index >= 15 is 0 Å². The van der Waals surface area contributed by atoms with Crippen LogP contribution < -0.4 is 5.32 Å². The first-order chi connectivity index (χ1) is 15.7. The van der Waals surface area contributed by atoms with E-state index in [-0.39, 0.29) is 17.9 Å². The average molecular weight is 466 g/mol. The number of ether oxygens (including phenoxy) is 1. The van der Waals surface area contributed by atoms with Crippen molar-refractivity contribution in [1.29, 1.82) is 0 Å². The average Bonchev–Trinajstić information content (AvgIpc) is 3.48. The van der Waals surface area contributed by atoms with Gasteiger partial charge in [-0.2, -0.15) is 10.1 Å². The number of amides is 2. The Morgan fingerprint density at radius 1 is 1.30 bits per heavy atom. The summed E-state index contributed by atoms with van der Waals surface area (Å²) in [5.41, 5.74) is 1.72. The number of aromatic nitrogens is 3. The number of methoxy groups -OCH3 is 1. The summed E-state index contributed by atoms with van der Waals surface area (Å²) in [7, 11) is 1.64. The van der Waals surface area contributed by atoms with Gasteiger partial charge >= 0.3 is 0 Å². The smallest absolute Gasteiger partial charge is 0.276 e. The van der Waals surface area contributed by atoms with Gasteiger partial charge in [0.1, 0.15) is 4.70 Å². The Balaban J connectivity index is 1.68. The van der Waals surface area contributed by atoms with Gasteiger partial charge in [0.2, 0.25) is 0 Å². The molecule has 2 aromatic heterocycles. The van der Waals surface area contributed by atoms with E-state index in [0.717, 1.165) is 12.8 Å². The molecule has 172 valence electrons. The fourth-order valence-corrected chi connectivity index (χ4v) is 4.87. The maximum absolute atomic E-state index is 13.5. The van der Waals surface area contributed by atoms with Crippen molar-refractivity contribution >= 4 is 38.6 Å². The monoisotopic (exact) mass is 465 g/mol. The van der Waals surface area contributed by atoms with Gasteiger partial charge in [0.25, 0.3) is 11.8 Å². The molecule has 0 bridgehead atoms. The second-order valence-corrected chi connectivity index (χ2v) is 10.0. The van der Waals surface area contributed by atoms with Crippen molar-refractivity contribution < 1.29 is 14.3 Å². The minimum atomic E-state index is -0.395. The van der Waals surface area contributed by atoms with Crippen LogP contribution in [0.25, 0.3) is 10.3 Å². The lowest BCUT2D eigenvalue weighted by Crippen LogP contribution is -2.38. The molecule has 1 fully saturated rings. The minimum absolute atomic E-state index is 0.0374. The number of nitrogens with zero attached hydrogens (tertiary/aromatic N) is 4. The second kappa shape index (κ2) is 8.96.